The van der Waals surface area contributed by atoms with Crippen LogP contribution in [0.15, 0.2) is 53.9 Å². The topological polar surface area (TPSA) is 22.1 Å². The molecule has 0 radical (unpaired) electrons. The molecule has 120 valence electrons. The predicted molar refractivity (Wildman–Crippen MR) is 96.1 cm³/mol. The normalized spacial score (nSPS) is 10.5. The van der Waals surface area contributed by atoms with Crippen LogP contribution in [0.1, 0.15) is 12.0 Å². The van der Waals surface area contributed by atoms with Crippen molar-refractivity contribution in [1.29, 1.82) is 0 Å². The maximum Gasteiger partial charge on any atom is 0.124 e. The van der Waals surface area contributed by atoms with Gasteiger partial charge in [-0.25, -0.2) is 9.37 Å². The number of ether oxygens (including phenoxy) is 1. The van der Waals surface area contributed by atoms with Gasteiger partial charge in [-0.2, -0.15) is 0 Å². The van der Waals surface area contributed by atoms with Gasteiger partial charge >= 0.3 is 0 Å². The van der Waals surface area contributed by atoms with Gasteiger partial charge in [0.1, 0.15) is 10.8 Å². The van der Waals surface area contributed by atoms with Gasteiger partial charge in [0.25, 0.3) is 0 Å². The Hall–Kier alpha value is -2.48. The highest BCUT2D eigenvalue weighted by atomic mass is 32.1. The highest BCUT2D eigenvalue weighted by Gasteiger charge is 2.07. The summed E-state index contributed by atoms with van der Waals surface area (Å²) in [6.45, 7) is 1.13. The van der Waals surface area contributed by atoms with E-state index in [4.69, 9.17) is 11.2 Å². The fourth-order valence-corrected chi connectivity index (χ4v) is 3.06. The van der Waals surface area contributed by atoms with Crippen LogP contribution in [0.4, 0.5) is 4.39 Å². The van der Waals surface area contributed by atoms with Gasteiger partial charge in [0.15, 0.2) is 0 Å². The monoisotopic (exact) mass is 337 g/mol. The Morgan fingerprint density at radius 3 is 2.46 bits per heavy atom. The van der Waals surface area contributed by atoms with E-state index in [-0.39, 0.29) is 5.82 Å². The quantitative estimate of drug-likeness (QED) is 0.458. The van der Waals surface area contributed by atoms with Crippen molar-refractivity contribution in [2.75, 3.05) is 6.61 Å². The molecule has 0 amide bonds. The second-order valence-corrected chi connectivity index (χ2v) is 6.11. The standard InChI is InChI=1S/C20H16FNOS/c1-2-3-12-23-13-15-4-6-16(7-5-15)19-14-24-20(22-19)17-8-10-18(21)11-9-17/h1,4-11,14H,3,12-13H2. The summed E-state index contributed by atoms with van der Waals surface area (Å²) in [7, 11) is 0. The molecule has 0 aliphatic rings. The van der Waals surface area contributed by atoms with Crippen molar-refractivity contribution < 1.29 is 9.13 Å². The summed E-state index contributed by atoms with van der Waals surface area (Å²) < 4.78 is 18.5. The zero-order valence-corrected chi connectivity index (χ0v) is 13.9. The van der Waals surface area contributed by atoms with E-state index < -0.39 is 0 Å². The molecule has 3 aromatic rings. The molecule has 1 aromatic heterocycles. The van der Waals surface area contributed by atoms with Crippen molar-refractivity contribution in [2.24, 2.45) is 0 Å². The summed E-state index contributed by atoms with van der Waals surface area (Å²) in [6.07, 6.45) is 5.82. The van der Waals surface area contributed by atoms with E-state index in [0.717, 1.165) is 27.4 Å². The molecule has 0 unspecified atom stereocenters. The molecule has 0 saturated carbocycles. The van der Waals surface area contributed by atoms with Crippen LogP contribution in [0.2, 0.25) is 0 Å². The van der Waals surface area contributed by atoms with Gasteiger partial charge in [0.05, 0.1) is 18.9 Å². The molecule has 24 heavy (non-hydrogen) atoms. The molecule has 0 spiro atoms. The molecule has 4 heteroatoms. The number of nitrogens with zero attached hydrogens (tertiary/aromatic N) is 1. The highest BCUT2D eigenvalue weighted by molar-refractivity contribution is 7.13. The summed E-state index contributed by atoms with van der Waals surface area (Å²) in [5.74, 6) is 2.31. The number of aromatic nitrogens is 1. The first-order valence-electron chi connectivity index (χ1n) is 7.58. The SMILES string of the molecule is C#CCCOCc1ccc(-c2csc(-c3ccc(F)cc3)n2)cc1. The van der Waals surface area contributed by atoms with E-state index in [9.17, 15) is 4.39 Å². The highest BCUT2D eigenvalue weighted by Crippen LogP contribution is 2.29. The average molecular weight is 337 g/mol. The van der Waals surface area contributed by atoms with Crippen LogP contribution in [-0.2, 0) is 11.3 Å². The molecule has 1 heterocycles. The lowest BCUT2D eigenvalue weighted by atomic mass is 10.1. The average Bonchev–Trinajstić information content (AvgIpc) is 3.10. The Morgan fingerprint density at radius 2 is 1.75 bits per heavy atom. The van der Waals surface area contributed by atoms with E-state index in [2.05, 4.69) is 10.9 Å². The lowest BCUT2D eigenvalue weighted by Gasteiger charge is -2.03. The zero-order valence-electron chi connectivity index (χ0n) is 13.0. The van der Waals surface area contributed by atoms with Crippen LogP contribution < -0.4 is 0 Å². The summed E-state index contributed by atoms with van der Waals surface area (Å²) in [4.78, 5) is 4.64. The summed E-state index contributed by atoms with van der Waals surface area (Å²) in [5, 5.41) is 2.89. The van der Waals surface area contributed by atoms with Gasteiger partial charge < -0.3 is 4.74 Å². The predicted octanol–water partition coefficient (Wildman–Crippen LogP) is 5.16. The van der Waals surface area contributed by atoms with Gasteiger partial charge in [0, 0.05) is 22.9 Å². The molecule has 3 rings (SSSR count). The van der Waals surface area contributed by atoms with E-state index in [1.807, 2.05) is 29.6 Å². The number of hydrogen-bond acceptors (Lipinski definition) is 3. The molecule has 0 saturated heterocycles. The van der Waals surface area contributed by atoms with Gasteiger partial charge in [-0.15, -0.1) is 23.7 Å². The van der Waals surface area contributed by atoms with Crippen molar-refractivity contribution in [1.82, 2.24) is 4.98 Å². The van der Waals surface area contributed by atoms with E-state index >= 15 is 0 Å². The minimum Gasteiger partial charge on any atom is -0.376 e. The minimum atomic E-state index is -0.240. The van der Waals surface area contributed by atoms with Crippen molar-refractivity contribution in [2.45, 2.75) is 13.0 Å². The lowest BCUT2D eigenvalue weighted by molar-refractivity contribution is 0.126. The van der Waals surface area contributed by atoms with E-state index in [1.54, 1.807) is 23.5 Å². The van der Waals surface area contributed by atoms with Crippen molar-refractivity contribution >= 4 is 11.3 Å². The van der Waals surface area contributed by atoms with Crippen LogP contribution in [0.5, 0.6) is 0 Å². The van der Waals surface area contributed by atoms with Crippen molar-refractivity contribution in [3.05, 3.63) is 65.3 Å². The molecule has 0 fully saturated rings. The number of hydrogen-bond donors (Lipinski definition) is 0. The molecule has 0 atom stereocenters. The van der Waals surface area contributed by atoms with E-state index in [0.29, 0.717) is 19.6 Å². The van der Waals surface area contributed by atoms with Crippen molar-refractivity contribution in [3.63, 3.8) is 0 Å². The molecule has 2 aromatic carbocycles. The van der Waals surface area contributed by atoms with Crippen LogP contribution >= 0.6 is 11.3 Å². The van der Waals surface area contributed by atoms with Gasteiger partial charge in [-0.3, -0.25) is 0 Å². The van der Waals surface area contributed by atoms with Crippen molar-refractivity contribution in [3.8, 4) is 34.2 Å². The fourth-order valence-electron chi connectivity index (χ4n) is 2.22. The molecular weight excluding hydrogens is 321 g/mol. The summed E-state index contributed by atoms with van der Waals surface area (Å²) in [6, 6.07) is 14.5. The Morgan fingerprint density at radius 1 is 1.04 bits per heavy atom. The molecule has 0 aliphatic carbocycles. The first-order valence-corrected chi connectivity index (χ1v) is 8.46. The number of terminal acetylenes is 1. The third-order valence-corrected chi connectivity index (χ3v) is 4.40. The smallest absolute Gasteiger partial charge is 0.124 e. The van der Waals surface area contributed by atoms with Crippen LogP contribution in [-0.4, -0.2) is 11.6 Å². The molecule has 2 nitrogen and oxygen atoms in total. The maximum atomic E-state index is 13.0. The molecule has 0 bridgehead atoms. The zero-order chi connectivity index (χ0) is 16.8. The molecular formula is C20H16FNOS. The Labute approximate surface area is 145 Å². The summed E-state index contributed by atoms with van der Waals surface area (Å²) >= 11 is 1.55. The third kappa shape index (κ3) is 4.08. The van der Waals surface area contributed by atoms with E-state index in [1.165, 1.54) is 12.1 Å². The first kappa shape index (κ1) is 16.4. The Bertz CT molecular complexity index is 831. The second-order valence-electron chi connectivity index (χ2n) is 5.25. The molecule has 0 aliphatic heterocycles. The van der Waals surface area contributed by atoms with Gasteiger partial charge in [-0.1, -0.05) is 24.3 Å². The summed E-state index contributed by atoms with van der Waals surface area (Å²) in [5.41, 5.74) is 3.99. The third-order valence-electron chi connectivity index (χ3n) is 3.50. The number of thiazole rings is 1. The molecule has 0 N–H and O–H groups in total. The minimum absolute atomic E-state index is 0.240. The Kier molecular flexibility index (Phi) is 5.37. The fraction of sp³-hybridized carbons (Fsp3) is 0.150. The Balaban J connectivity index is 1.69. The van der Waals surface area contributed by atoms with Crippen LogP contribution in [0, 0.1) is 18.2 Å². The number of rotatable bonds is 6. The maximum absolute atomic E-state index is 13.0. The van der Waals surface area contributed by atoms with Gasteiger partial charge in [0.2, 0.25) is 0 Å². The lowest BCUT2D eigenvalue weighted by Crippen LogP contribution is -1.94. The van der Waals surface area contributed by atoms with Crippen LogP contribution in [0.3, 0.4) is 0 Å². The van der Waals surface area contributed by atoms with Crippen LogP contribution in [0.25, 0.3) is 21.8 Å². The van der Waals surface area contributed by atoms with Gasteiger partial charge in [-0.05, 0) is 29.8 Å². The number of halogens is 1. The number of benzene rings is 2. The first-order chi connectivity index (χ1) is 11.8. The second kappa shape index (κ2) is 7.87. The largest absolute Gasteiger partial charge is 0.376 e.